The summed E-state index contributed by atoms with van der Waals surface area (Å²) in [5.74, 6) is -1.58. The normalized spacial score (nSPS) is 27.7. The van der Waals surface area contributed by atoms with Gasteiger partial charge in [-0.1, -0.05) is 19.8 Å². The maximum atomic E-state index is 11.9. The number of hydrogen-bond acceptors (Lipinski definition) is 4. The fourth-order valence-electron chi connectivity index (χ4n) is 2.48. The van der Waals surface area contributed by atoms with Crippen molar-refractivity contribution >= 4 is 11.9 Å². The number of amides is 1. The number of carbonyl (C=O) groups excluding carboxylic acids is 1. The number of carbonyl (C=O) groups is 2. The Kier molecular flexibility index (Phi) is 3.31. The lowest BCUT2D eigenvalue weighted by molar-refractivity contribution is -0.148. The van der Waals surface area contributed by atoms with Crippen molar-refractivity contribution in [2.24, 2.45) is 5.92 Å². The number of nitrogens with one attached hydrogen (secondary N) is 2. The third-order valence-corrected chi connectivity index (χ3v) is 3.67. The molecule has 1 aromatic heterocycles. The van der Waals surface area contributed by atoms with Gasteiger partial charge in [-0.05, 0) is 18.8 Å². The number of H-pyrrole nitrogens is 1. The highest BCUT2D eigenvalue weighted by atomic mass is 16.4. The zero-order chi connectivity index (χ0) is 13.2. The highest BCUT2D eigenvalue weighted by Crippen LogP contribution is 2.34. The maximum absolute atomic E-state index is 11.9. The first kappa shape index (κ1) is 12.5. The minimum Gasteiger partial charge on any atom is -0.479 e. The first-order valence-electron chi connectivity index (χ1n) is 5.98. The molecule has 2 atom stereocenters. The van der Waals surface area contributed by atoms with Gasteiger partial charge in [0, 0.05) is 0 Å². The zero-order valence-electron chi connectivity index (χ0n) is 10.1. The van der Waals surface area contributed by atoms with E-state index in [1.807, 2.05) is 6.92 Å². The number of nitrogens with zero attached hydrogens (tertiary/aromatic N) is 2. The van der Waals surface area contributed by atoms with Gasteiger partial charge < -0.3 is 10.4 Å². The second-order valence-electron chi connectivity index (χ2n) is 4.73. The zero-order valence-corrected chi connectivity index (χ0v) is 10.1. The summed E-state index contributed by atoms with van der Waals surface area (Å²) in [7, 11) is 0. The molecule has 1 aliphatic rings. The topological polar surface area (TPSA) is 108 Å². The molecular formula is C11H16N4O3. The van der Waals surface area contributed by atoms with Crippen LogP contribution in [0, 0.1) is 5.92 Å². The van der Waals surface area contributed by atoms with Crippen LogP contribution in [0.25, 0.3) is 0 Å². The van der Waals surface area contributed by atoms with E-state index in [2.05, 4.69) is 20.7 Å². The highest BCUT2D eigenvalue weighted by Gasteiger charge is 2.46. The number of aromatic amines is 1. The van der Waals surface area contributed by atoms with Gasteiger partial charge in [0.2, 0.25) is 0 Å². The average Bonchev–Trinajstić information content (AvgIpc) is 2.85. The Labute approximate surface area is 104 Å². The predicted octanol–water partition coefficient (Wildman–Crippen LogP) is 0.568. The molecule has 7 heteroatoms. The molecule has 0 radical (unpaired) electrons. The third-order valence-electron chi connectivity index (χ3n) is 3.67. The molecule has 1 amide bonds. The van der Waals surface area contributed by atoms with Crippen LogP contribution in [0.3, 0.4) is 0 Å². The second-order valence-corrected chi connectivity index (χ2v) is 4.73. The van der Waals surface area contributed by atoms with Crippen LogP contribution in [0.15, 0.2) is 6.20 Å². The molecule has 7 nitrogen and oxygen atoms in total. The summed E-state index contributed by atoms with van der Waals surface area (Å²) in [6.45, 7) is 1.86. The predicted molar refractivity (Wildman–Crippen MR) is 61.8 cm³/mol. The summed E-state index contributed by atoms with van der Waals surface area (Å²) in [4.78, 5) is 23.5. The van der Waals surface area contributed by atoms with E-state index >= 15 is 0 Å². The van der Waals surface area contributed by atoms with Crippen LogP contribution in [0.5, 0.6) is 0 Å². The van der Waals surface area contributed by atoms with Crippen LogP contribution >= 0.6 is 0 Å². The molecule has 1 aliphatic carbocycles. The van der Waals surface area contributed by atoms with E-state index in [1.165, 1.54) is 6.20 Å². The fraction of sp³-hybridized carbons (Fsp3) is 0.636. The van der Waals surface area contributed by atoms with Gasteiger partial charge in [0.15, 0.2) is 5.69 Å². The number of aliphatic carboxylic acids is 1. The van der Waals surface area contributed by atoms with E-state index < -0.39 is 17.4 Å². The van der Waals surface area contributed by atoms with Crippen LogP contribution in [0.2, 0.25) is 0 Å². The molecule has 2 rings (SSSR count). The number of hydrogen-bond donors (Lipinski definition) is 3. The fourth-order valence-corrected chi connectivity index (χ4v) is 2.48. The summed E-state index contributed by atoms with van der Waals surface area (Å²) in [5.41, 5.74) is -1.08. The van der Waals surface area contributed by atoms with E-state index in [0.717, 1.165) is 19.3 Å². The van der Waals surface area contributed by atoms with Gasteiger partial charge in [-0.3, -0.25) is 4.79 Å². The molecule has 1 fully saturated rings. The summed E-state index contributed by atoms with van der Waals surface area (Å²) >= 11 is 0. The summed E-state index contributed by atoms with van der Waals surface area (Å²) in [6, 6.07) is 0. The minimum absolute atomic E-state index is 0.0976. The van der Waals surface area contributed by atoms with Gasteiger partial charge in [-0.15, -0.1) is 0 Å². The van der Waals surface area contributed by atoms with Crippen molar-refractivity contribution in [1.82, 2.24) is 20.7 Å². The largest absolute Gasteiger partial charge is 0.479 e. The Balaban J connectivity index is 2.21. The van der Waals surface area contributed by atoms with E-state index in [4.69, 9.17) is 0 Å². The Morgan fingerprint density at radius 1 is 1.56 bits per heavy atom. The van der Waals surface area contributed by atoms with Crippen molar-refractivity contribution in [1.29, 1.82) is 0 Å². The maximum Gasteiger partial charge on any atom is 0.329 e. The van der Waals surface area contributed by atoms with E-state index in [-0.39, 0.29) is 11.6 Å². The van der Waals surface area contributed by atoms with Gasteiger partial charge in [0.1, 0.15) is 5.54 Å². The quantitative estimate of drug-likeness (QED) is 0.728. The van der Waals surface area contributed by atoms with Gasteiger partial charge in [-0.2, -0.15) is 15.4 Å². The van der Waals surface area contributed by atoms with Crippen LogP contribution in [-0.2, 0) is 4.79 Å². The van der Waals surface area contributed by atoms with Crippen molar-refractivity contribution in [3.05, 3.63) is 11.9 Å². The monoisotopic (exact) mass is 252 g/mol. The Hall–Kier alpha value is -1.92. The lowest BCUT2D eigenvalue weighted by Crippen LogP contribution is -2.60. The van der Waals surface area contributed by atoms with Crippen LogP contribution in [0.4, 0.5) is 0 Å². The highest BCUT2D eigenvalue weighted by molar-refractivity contribution is 5.96. The Morgan fingerprint density at radius 3 is 2.89 bits per heavy atom. The van der Waals surface area contributed by atoms with E-state index in [1.54, 1.807) is 0 Å². The van der Waals surface area contributed by atoms with Crippen molar-refractivity contribution in [3.63, 3.8) is 0 Å². The van der Waals surface area contributed by atoms with Crippen molar-refractivity contribution in [2.45, 2.75) is 38.1 Å². The van der Waals surface area contributed by atoms with Crippen molar-refractivity contribution in [2.75, 3.05) is 0 Å². The molecule has 3 N–H and O–H groups in total. The third kappa shape index (κ3) is 2.07. The van der Waals surface area contributed by atoms with E-state index in [0.29, 0.717) is 6.42 Å². The minimum atomic E-state index is -1.19. The lowest BCUT2D eigenvalue weighted by atomic mass is 9.73. The second kappa shape index (κ2) is 4.75. The molecule has 0 aliphatic heterocycles. The molecule has 98 valence electrons. The molecule has 0 spiro atoms. The van der Waals surface area contributed by atoms with Crippen LogP contribution < -0.4 is 5.32 Å². The van der Waals surface area contributed by atoms with Gasteiger partial charge >= 0.3 is 5.97 Å². The molecular weight excluding hydrogens is 236 g/mol. The molecule has 1 saturated carbocycles. The molecule has 1 aromatic rings. The number of aromatic nitrogens is 3. The molecule has 0 saturated heterocycles. The van der Waals surface area contributed by atoms with Crippen LogP contribution in [-0.4, -0.2) is 37.9 Å². The van der Waals surface area contributed by atoms with Gasteiger partial charge in [0.05, 0.1) is 6.20 Å². The molecule has 18 heavy (non-hydrogen) atoms. The average molecular weight is 252 g/mol. The Bertz CT molecular complexity index is 445. The van der Waals surface area contributed by atoms with Crippen LogP contribution in [0.1, 0.15) is 43.1 Å². The number of carboxylic acid groups (broad SMARTS) is 1. The SMILES string of the molecule is CC1CCCCC1(NC(=O)c1cn[nH]n1)C(=O)O. The first-order chi connectivity index (χ1) is 8.56. The smallest absolute Gasteiger partial charge is 0.329 e. The summed E-state index contributed by atoms with van der Waals surface area (Å²) in [6.07, 6.45) is 4.32. The summed E-state index contributed by atoms with van der Waals surface area (Å²) in [5, 5.41) is 21.6. The number of rotatable bonds is 3. The summed E-state index contributed by atoms with van der Waals surface area (Å²) < 4.78 is 0. The first-order valence-corrected chi connectivity index (χ1v) is 5.98. The van der Waals surface area contributed by atoms with Crippen molar-refractivity contribution < 1.29 is 14.7 Å². The standard InChI is InChI=1S/C11H16N4O3/c1-7-4-2-3-5-11(7,10(17)18)13-9(16)8-6-12-15-14-8/h6-7H,2-5H2,1H3,(H,13,16)(H,17,18)(H,12,14,15). The number of carboxylic acids is 1. The van der Waals surface area contributed by atoms with Gasteiger partial charge in [0.25, 0.3) is 5.91 Å². The Morgan fingerprint density at radius 2 is 2.33 bits per heavy atom. The molecule has 0 bridgehead atoms. The van der Waals surface area contributed by atoms with Gasteiger partial charge in [-0.25, -0.2) is 4.79 Å². The van der Waals surface area contributed by atoms with E-state index in [9.17, 15) is 14.7 Å². The lowest BCUT2D eigenvalue weighted by Gasteiger charge is -2.39. The molecule has 0 aromatic carbocycles. The van der Waals surface area contributed by atoms with Crippen molar-refractivity contribution in [3.8, 4) is 0 Å². The molecule has 2 unspecified atom stereocenters. The molecule has 1 heterocycles.